The van der Waals surface area contributed by atoms with E-state index in [0.717, 1.165) is 11.1 Å². The molecule has 1 aliphatic carbocycles. The van der Waals surface area contributed by atoms with E-state index in [1.807, 2.05) is 13.1 Å². The molecule has 1 aromatic rings. The number of benzene rings is 1. The lowest BCUT2D eigenvalue weighted by molar-refractivity contribution is 0.237. The monoisotopic (exact) mass is 331 g/mol. The third kappa shape index (κ3) is 2.34. The number of rotatable bonds is 1. The predicted octanol–water partition coefficient (Wildman–Crippen LogP) is 1.75. The van der Waals surface area contributed by atoms with Crippen LogP contribution in [0.5, 0.6) is 5.75 Å². The van der Waals surface area contributed by atoms with Gasteiger partial charge in [-0.1, -0.05) is 18.2 Å². The van der Waals surface area contributed by atoms with E-state index in [1.165, 1.54) is 12.1 Å². The van der Waals surface area contributed by atoms with Crippen LogP contribution in [0.15, 0.2) is 47.2 Å². The van der Waals surface area contributed by atoms with Gasteiger partial charge in [0.1, 0.15) is 11.8 Å². The van der Waals surface area contributed by atoms with E-state index in [1.54, 1.807) is 12.1 Å². The summed E-state index contributed by atoms with van der Waals surface area (Å²) in [6.07, 6.45) is 1.95. The topological polar surface area (TPSA) is 121 Å². The van der Waals surface area contributed by atoms with E-state index in [4.69, 9.17) is 5.73 Å². The molecule has 0 spiro atoms. The molecule has 6 heteroatoms. The summed E-state index contributed by atoms with van der Waals surface area (Å²) in [7, 11) is 1.95. The Balaban J connectivity index is 2.32. The molecule has 0 saturated heterocycles. The van der Waals surface area contributed by atoms with Crippen molar-refractivity contribution >= 4 is 0 Å². The van der Waals surface area contributed by atoms with Crippen molar-refractivity contribution in [1.29, 1.82) is 15.8 Å². The number of allylic oxidation sites excluding steroid dienone is 2. The number of phenolic OH excluding ortho intramolecular Hbond substituents is 1. The molecule has 0 saturated carbocycles. The minimum atomic E-state index is -1.62. The first-order valence-corrected chi connectivity index (χ1v) is 7.89. The summed E-state index contributed by atoms with van der Waals surface area (Å²) in [4.78, 5) is 2.08. The zero-order valence-electron chi connectivity index (χ0n) is 13.8. The molecule has 0 amide bonds. The average molecular weight is 331 g/mol. The highest BCUT2D eigenvalue weighted by atomic mass is 16.3. The first-order chi connectivity index (χ1) is 12.0. The van der Waals surface area contributed by atoms with Crippen LogP contribution < -0.4 is 5.73 Å². The molecule has 2 aliphatic rings. The van der Waals surface area contributed by atoms with Gasteiger partial charge in [0.05, 0.1) is 23.4 Å². The minimum Gasteiger partial charge on any atom is -0.508 e. The molecule has 1 heterocycles. The molecule has 3 rings (SSSR count). The SMILES string of the molecule is CN1CC=C2C(C#N)=C(N)C(C#N)(C#N)[C@H](c3ccc(O)cc3)[C@H]2C1. The Bertz CT molecular complexity index is 878. The molecule has 25 heavy (non-hydrogen) atoms. The molecule has 1 aromatic carbocycles. The van der Waals surface area contributed by atoms with Crippen molar-refractivity contribution in [1.82, 2.24) is 4.90 Å². The lowest BCUT2D eigenvalue weighted by Gasteiger charge is -2.45. The van der Waals surface area contributed by atoms with E-state index in [9.17, 15) is 20.9 Å². The van der Waals surface area contributed by atoms with Crippen LogP contribution in [0, 0.1) is 45.3 Å². The summed E-state index contributed by atoms with van der Waals surface area (Å²) >= 11 is 0. The highest BCUT2D eigenvalue weighted by Gasteiger charge is 2.54. The second-order valence-electron chi connectivity index (χ2n) is 6.49. The Morgan fingerprint density at radius 2 is 1.84 bits per heavy atom. The number of nitrogens with zero attached hydrogens (tertiary/aromatic N) is 4. The van der Waals surface area contributed by atoms with E-state index in [-0.39, 0.29) is 22.9 Å². The van der Waals surface area contributed by atoms with Crippen molar-refractivity contribution in [2.75, 3.05) is 20.1 Å². The summed E-state index contributed by atoms with van der Waals surface area (Å²) < 4.78 is 0. The minimum absolute atomic E-state index is 0.0186. The molecule has 2 atom stereocenters. The van der Waals surface area contributed by atoms with Crippen LogP contribution in [0.1, 0.15) is 11.5 Å². The fourth-order valence-corrected chi connectivity index (χ4v) is 3.88. The zero-order valence-corrected chi connectivity index (χ0v) is 13.8. The molecule has 0 unspecified atom stereocenters. The van der Waals surface area contributed by atoms with Crippen molar-refractivity contribution in [3.63, 3.8) is 0 Å². The summed E-state index contributed by atoms with van der Waals surface area (Å²) in [6, 6.07) is 12.8. The lowest BCUT2D eigenvalue weighted by atomic mass is 9.58. The summed E-state index contributed by atoms with van der Waals surface area (Å²) in [5.74, 6) is -0.615. The van der Waals surface area contributed by atoms with Crippen molar-refractivity contribution in [3.8, 4) is 24.0 Å². The zero-order chi connectivity index (χ0) is 18.2. The van der Waals surface area contributed by atoms with E-state index in [0.29, 0.717) is 13.1 Å². The van der Waals surface area contributed by atoms with Crippen molar-refractivity contribution in [2.24, 2.45) is 17.1 Å². The van der Waals surface area contributed by atoms with Crippen LogP contribution in [0.2, 0.25) is 0 Å². The lowest BCUT2D eigenvalue weighted by Crippen LogP contribution is -2.47. The molecule has 6 nitrogen and oxygen atoms in total. The maximum Gasteiger partial charge on any atom is 0.191 e. The predicted molar refractivity (Wildman–Crippen MR) is 90.4 cm³/mol. The second-order valence-corrected chi connectivity index (χ2v) is 6.49. The first kappa shape index (κ1) is 16.6. The fraction of sp³-hybridized carbons (Fsp3) is 0.316. The Kier molecular flexibility index (Phi) is 3.97. The van der Waals surface area contributed by atoms with E-state index in [2.05, 4.69) is 23.1 Å². The highest BCUT2D eigenvalue weighted by molar-refractivity contribution is 5.59. The van der Waals surface area contributed by atoms with Crippen molar-refractivity contribution in [2.45, 2.75) is 5.92 Å². The van der Waals surface area contributed by atoms with Crippen LogP contribution in [-0.2, 0) is 0 Å². The number of hydrogen-bond acceptors (Lipinski definition) is 6. The molecule has 0 radical (unpaired) electrons. The Hall–Kier alpha value is -3.27. The molecule has 3 N–H and O–H groups in total. The fourth-order valence-electron chi connectivity index (χ4n) is 3.88. The van der Waals surface area contributed by atoms with Gasteiger partial charge in [0.15, 0.2) is 5.41 Å². The summed E-state index contributed by atoms with van der Waals surface area (Å²) in [6.45, 7) is 1.29. The molecule has 0 aromatic heterocycles. The number of hydrogen-bond donors (Lipinski definition) is 2. The van der Waals surface area contributed by atoms with Gasteiger partial charge in [0.25, 0.3) is 0 Å². The third-order valence-corrected chi connectivity index (χ3v) is 5.10. The van der Waals surface area contributed by atoms with Crippen LogP contribution in [0.25, 0.3) is 0 Å². The third-order valence-electron chi connectivity index (χ3n) is 5.10. The first-order valence-electron chi connectivity index (χ1n) is 7.89. The van der Waals surface area contributed by atoms with Gasteiger partial charge in [0.2, 0.25) is 0 Å². The van der Waals surface area contributed by atoms with Gasteiger partial charge in [-0.3, -0.25) is 0 Å². The van der Waals surface area contributed by atoms with E-state index >= 15 is 0 Å². The Morgan fingerprint density at radius 1 is 1.20 bits per heavy atom. The summed E-state index contributed by atoms with van der Waals surface area (Å²) in [5, 5.41) is 38.9. The van der Waals surface area contributed by atoms with Gasteiger partial charge < -0.3 is 15.7 Å². The van der Waals surface area contributed by atoms with Crippen LogP contribution >= 0.6 is 0 Å². The molecule has 0 fully saturated rings. The normalized spacial score (nSPS) is 25.1. The van der Waals surface area contributed by atoms with Gasteiger partial charge in [-0.05, 0) is 30.3 Å². The number of phenols is 1. The van der Waals surface area contributed by atoms with Gasteiger partial charge in [-0.2, -0.15) is 15.8 Å². The van der Waals surface area contributed by atoms with E-state index < -0.39 is 11.3 Å². The number of nitrogens with two attached hydrogens (primary N) is 1. The molecular weight excluding hydrogens is 314 g/mol. The smallest absolute Gasteiger partial charge is 0.191 e. The largest absolute Gasteiger partial charge is 0.508 e. The quantitative estimate of drug-likeness (QED) is 0.808. The molecular formula is C19H17N5O. The molecule has 124 valence electrons. The number of likely N-dealkylation sites (N-methyl/N-ethyl adjacent to an activating group) is 1. The maximum absolute atomic E-state index is 9.89. The molecule has 0 bridgehead atoms. The Labute approximate surface area is 146 Å². The average Bonchev–Trinajstić information content (AvgIpc) is 2.62. The van der Waals surface area contributed by atoms with Gasteiger partial charge in [-0.15, -0.1) is 0 Å². The highest BCUT2D eigenvalue weighted by Crippen LogP contribution is 2.54. The number of nitriles is 3. The van der Waals surface area contributed by atoms with Gasteiger partial charge in [-0.25, -0.2) is 0 Å². The van der Waals surface area contributed by atoms with Gasteiger partial charge >= 0.3 is 0 Å². The summed E-state index contributed by atoms with van der Waals surface area (Å²) in [5.41, 5.74) is 6.39. The van der Waals surface area contributed by atoms with Crippen LogP contribution in [0.4, 0.5) is 0 Å². The van der Waals surface area contributed by atoms with Gasteiger partial charge in [0, 0.05) is 24.9 Å². The van der Waals surface area contributed by atoms with Crippen molar-refractivity contribution in [3.05, 3.63) is 52.7 Å². The van der Waals surface area contributed by atoms with Crippen LogP contribution in [-0.4, -0.2) is 30.1 Å². The number of aromatic hydroxyl groups is 1. The van der Waals surface area contributed by atoms with Crippen LogP contribution in [0.3, 0.4) is 0 Å². The maximum atomic E-state index is 9.89. The Morgan fingerprint density at radius 3 is 2.40 bits per heavy atom. The standard InChI is InChI=1S/C19H17N5O/c1-24-7-6-14-15(8-20)18(23)19(10-21,11-22)17(16(14)9-24)12-2-4-13(25)5-3-12/h2-6,16-17,25H,7,9,23H2,1H3/t16-,17+/m0/s1. The van der Waals surface area contributed by atoms with Crippen molar-refractivity contribution < 1.29 is 5.11 Å². The second kappa shape index (κ2) is 5.98. The molecule has 1 aliphatic heterocycles. The number of fused-ring (bicyclic) bond motifs is 1.